The van der Waals surface area contributed by atoms with E-state index in [1.165, 1.54) is 12.1 Å². The van der Waals surface area contributed by atoms with Gasteiger partial charge in [0, 0.05) is 18.2 Å². The number of aromatic nitrogens is 2. The van der Waals surface area contributed by atoms with Crippen molar-refractivity contribution in [1.82, 2.24) is 19.8 Å². The number of hydrogen-bond donors (Lipinski definition) is 3. The summed E-state index contributed by atoms with van der Waals surface area (Å²) in [6.07, 6.45) is 1.01. The van der Waals surface area contributed by atoms with Crippen molar-refractivity contribution in [3.63, 3.8) is 0 Å². The molecule has 220 valence electrons. The van der Waals surface area contributed by atoms with Crippen LogP contribution >= 0.6 is 23.2 Å². The van der Waals surface area contributed by atoms with E-state index in [-0.39, 0.29) is 28.2 Å². The standard InChI is InChI=1S/C25H29Cl2F3N4O5S/c1-13(25(28,29)30)33-40(38,39)20-8-7-17(21(26)22(20)27)19-11-18(23(35)31-16-9-15(10-16)24(36)37)32-34(19)12-14-5-3-2-4-6-14/h7-8,11,13-16,33H,2-6,9-10,12H2,1H3,(H,31,35)(H,36,37)/t13-,15?,16?/m0/s1. The van der Waals surface area contributed by atoms with E-state index in [4.69, 9.17) is 28.3 Å². The monoisotopic (exact) mass is 624 g/mol. The van der Waals surface area contributed by atoms with E-state index >= 15 is 0 Å². The zero-order valence-electron chi connectivity index (χ0n) is 21.5. The molecule has 0 unspecified atom stereocenters. The largest absolute Gasteiger partial charge is 0.481 e. The molecule has 0 saturated heterocycles. The Morgan fingerprint density at radius 1 is 1.15 bits per heavy atom. The molecule has 0 spiro atoms. The van der Waals surface area contributed by atoms with Crippen LogP contribution in [0.15, 0.2) is 23.1 Å². The van der Waals surface area contributed by atoms with Crippen LogP contribution in [0.1, 0.15) is 62.4 Å². The van der Waals surface area contributed by atoms with Crippen LogP contribution in [-0.2, 0) is 21.4 Å². The lowest BCUT2D eigenvalue weighted by Crippen LogP contribution is -2.46. The van der Waals surface area contributed by atoms with Crippen molar-refractivity contribution in [1.29, 1.82) is 0 Å². The molecule has 2 aromatic rings. The predicted octanol–water partition coefficient (Wildman–Crippen LogP) is 5.26. The molecular formula is C25H29Cl2F3N4O5S. The lowest BCUT2D eigenvalue weighted by Gasteiger charge is -2.32. The molecule has 0 aliphatic heterocycles. The minimum atomic E-state index is -4.81. The van der Waals surface area contributed by atoms with Gasteiger partial charge in [0.2, 0.25) is 10.0 Å². The van der Waals surface area contributed by atoms with Gasteiger partial charge in [0.25, 0.3) is 5.91 Å². The third kappa shape index (κ3) is 6.75. The Kier molecular flexibility index (Phi) is 9.08. The molecule has 2 aliphatic rings. The van der Waals surface area contributed by atoms with Gasteiger partial charge in [-0.05, 0) is 56.7 Å². The van der Waals surface area contributed by atoms with Crippen molar-refractivity contribution >= 4 is 45.1 Å². The molecule has 1 amide bonds. The zero-order chi connectivity index (χ0) is 29.4. The number of nitrogens with zero attached hydrogens (tertiary/aromatic N) is 2. The van der Waals surface area contributed by atoms with E-state index in [2.05, 4.69) is 10.4 Å². The molecule has 4 rings (SSSR count). The summed E-state index contributed by atoms with van der Waals surface area (Å²) in [5.41, 5.74) is 0.709. The van der Waals surface area contributed by atoms with Gasteiger partial charge in [0.15, 0.2) is 5.69 Å². The first-order valence-electron chi connectivity index (χ1n) is 12.9. The number of sulfonamides is 1. The Labute approximate surface area is 239 Å². The van der Waals surface area contributed by atoms with Gasteiger partial charge in [-0.15, -0.1) is 0 Å². The quantitative estimate of drug-likeness (QED) is 0.349. The number of aliphatic carboxylic acids is 1. The van der Waals surface area contributed by atoms with E-state index < -0.39 is 50.0 Å². The normalized spacial score (nSPS) is 21.1. The summed E-state index contributed by atoms with van der Waals surface area (Å²) in [7, 11) is -4.67. The molecule has 2 saturated carbocycles. The van der Waals surface area contributed by atoms with Crippen LogP contribution in [0.5, 0.6) is 0 Å². The molecular weight excluding hydrogens is 596 g/mol. The van der Waals surface area contributed by atoms with Crippen LogP contribution in [-0.4, -0.2) is 53.4 Å². The number of rotatable bonds is 9. The highest BCUT2D eigenvalue weighted by Gasteiger charge is 2.40. The van der Waals surface area contributed by atoms with Crippen LogP contribution in [0.25, 0.3) is 11.3 Å². The summed E-state index contributed by atoms with van der Waals surface area (Å²) in [6.45, 7) is 1.13. The van der Waals surface area contributed by atoms with Crippen molar-refractivity contribution in [3.8, 4) is 11.3 Å². The van der Waals surface area contributed by atoms with Crippen molar-refractivity contribution in [2.75, 3.05) is 0 Å². The van der Waals surface area contributed by atoms with Gasteiger partial charge < -0.3 is 10.4 Å². The van der Waals surface area contributed by atoms with Gasteiger partial charge in [-0.25, -0.2) is 8.42 Å². The summed E-state index contributed by atoms with van der Waals surface area (Å²) in [4.78, 5) is 23.4. The molecule has 0 radical (unpaired) electrons. The maximum Gasteiger partial charge on any atom is 0.404 e. The van der Waals surface area contributed by atoms with E-state index in [9.17, 15) is 31.2 Å². The molecule has 2 aliphatic carbocycles. The van der Waals surface area contributed by atoms with Gasteiger partial charge in [0.1, 0.15) is 10.9 Å². The van der Waals surface area contributed by atoms with Crippen molar-refractivity contribution in [2.24, 2.45) is 11.8 Å². The molecule has 3 N–H and O–H groups in total. The number of amides is 1. The first kappa shape index (κ1) is 30.6. The molecule has 1 aromatic heterocycles. The Hall–Kier alpha value is -2.35. The minimum Gasteiger partial charge on any atom is -0.481 e. The van der Waals surface area contributed by atoms with Crippen LogP contribution in [0.3, 0.4) is 0 Å². The lowest BCUT2D eigenvalue weighted by molar-refractivity contribution is -0.147. The van der Waals surface area contributed by atoms with E-state index in [1.807, 2.05) is 0 Å². The highest BCUT2D eigenvalue weighted by molar-refractivity contribution is 7.89. The topological polar surface area (TPSA) is 130 Å². The molecule has 40 heavy (non-hydrogen) atoms. The van der Waals surface area contributed by atoms with Crippen molar-refractivity contribution < 1.29 is 36.3 Å². The second-order valence-electron chi connectivity index (χ2n) is 10.4. The van der Waals surface area contributed by atoms with Gasteiger partial charge in [-0.1, -0.05) is 42.5 Å². The number of benzene rings is 1. The third-order valence-electron chi connectivity index (χ3n) is 7.43. The fourth-order valence-electron chi connectivity index (χ4n) is 4.99. The van der Waals surface area contributed by atoms with E-state index in [1.54, 1.807) is 9.40 Å². The van der Waals surface area contributed by atoms with Gasteiger partial charge in [-0.3, -0.25) is 14.3 Å². The van der Waals surface area contributed by atoms with Crippen LogP contribution in [0.2, 0.25) is 10.0 Å². The maximum absolute atomic E-state index is 13.0. The number of carbonyl (C=O) groups excluding carboxylic acids is 1. The molecule has 15 heteroatoms. The zero-order valence-corrected chi connectivity index (χ0v) is 23.8. The average molecular weight is 625 g/mol. The van der Waals surface area contributed by atoms with Crippen molar-refractivity contribution in [2.45, 2.75) is 81.6 Å². The Morgan fingerprint density at radius 2 is 1.80 bits per heavy atom. The van der Waals surface area contributed by atoms with Crippen molar-refractivity contribution in [3.05, 3.63) is 33.9 Å². The maximum atomic E-state index is 13.0. The average Bonchev–Trinajstić information content (AvgIpc) is 3.25. The second kappa shape index (κ2) is 11.9. The number of halogens is 5. The minimum absolute atomic E-state index is 0.0640. The Morgan fingerprint density at radius 3 is 2.40 bits per heavy atom. The van der Waals surface area contributed by atoms with Gasteiger partial charge in [-0.2, -0.15) is 23.0 Å². The molecule has 1 atom stereocenters. The molecule has 1 aromatic carbocycles. The smallest absolute Gasteiger partial charge is 0.404 e. The summed E-state index contributed by atoms with van der Waals surface area (Å²) in [5, 5.41) is 15.7. The molecule has 0 bridgehead atoms. The highest BCUT2D eigenvalue weighted by atomic mass is 35.5. The van der Waals surface area contributed by atoms with Crippen LogP contribution in [0, 0.1) is 11.8 Å². The van der Waals surface area contributed by atoms with Gasteiger partial charge in [0.05, 0.1) is 21.7 Å². The summed E-state index contributed by atoms with van der Waals surface area (Å²) in [5.74, 6) is -1.63. The predicted molar refractivity (Wildman–Crippen MR) is 142 cm³/mol. The SMILES string of the molecule is C[C@H](NS(=O)(=O)c1ccc(-c2cc(C(=O)NC3CC(C(=O)O)C3)nn2CC2CCCCC2)c(Cl)c1Cl)C(F)(F)F. The molecule has 9 nitrogen and oxygen atoms in total. The third-order valence-corrected chi connectivity index (χ3v) is 10.0. The van der Waals surface area contributed by atoms with E-state index in [0.717, 1.165) is 38.2 Å². The molecule has 2 fully saturated rings. The second-order valence-corrected chi connectivity index (χ2v) is 12.8. The lowest BCUT2D eigenvalue weighted by atomic mass is 9.80. The Bertz CT molecular complexity index is 1390. The fraction of sp³-hybridized carbons (Fsp3) is 0.560. The number of carbonyl (C=O) groups is 2. The van der Waals surface area contributed by atoms with E-state index in [0.29, 0.717) is 32.0 Å². The summed E-state index contributed by atoms with van der Waals surface area (Å²) in [6, 6.07) is 1.22. The van der Waals surface area contributed by atoms with Crippen LogP contribution in [0.4, 0.5) is 13.2 Å². The Balaban J connectivity index is 1.65. The first-order chi connectivity index (χ1) is 18.7. The number of hydrogen-bond acceptors (Lipinski definition) is 5. The number of nitrogens with one attached hydrogen (secondary N) is 2. The number of carboxylic acids is 1. The fourth-order valence-corrected chi connectivity index (χ4v) is 7.09. The highest BCUT2D eigenvalue weighted by Crippen LogP contribution is 2.39. The summed E-state index contributed by atoms with van der Waals surface area (Å²) >= 11 is 12.8. The number of carboxylic acid groups (broad SMARTS) is 1. The molecule has 1 heterocycles. The first-order valence-corrected chi connectivity index (χ1v) is 15.1. The number of alkyl halides is 3. The van der Waals surface area contributed by atoms with Crippen LogP contribution < -0.4 is 10.0 Å². The summed E-state index contributed by atoms with van der Waals surface area (Å²) < 4.78 is 67.4. The van der Waals surface area contributed by atoms with Gasteiger partial charge >= 0.3 is 12.1 Å².